The fourth-order valence-electron chi connectivity index (χ4n) is 1.36. The summed E-state index contributed by atoms with van der Waals surface area (Å²) in [6.45, 7) is -0.539. The van der Waals surface area contributed by atoms with Gasteiger partial charge in [-0.05, 0) is 24.6 Å². The van der Waals surface area contributed by atoms with Gasteiger partial charge in [0.2, 0.25) is 5.54 Å². The number of carbonyl (C=O) groups is 1. The van der Waals surface area contributed by atoms with Gasteiger partial charge in [-0.3, -0.25) is 0 Å². The van der Waals surface area contributed by atoms with Crippen LogP contribution in [-0.2, 0) is 6.54 Å². The predicted molar refractivity (Wildman–Crippen MR) is 62.3 cm³/mol. The van der Waals surface area contributed by atoms with Crippen molar-refractivity contribution in [2.24, 2.45) is 0 Å². The molecule has 0 aliphatic heterocycles. The molecule has 0 fully saturated rings. The molecule has 2 amide bonds. The number of hydrogen-bond acceptors (Lipinski definition) is 1. The lowest BCUT2D eigenvalue weighted by atomic mass is 10.0. The molecule has 0 saturated heterocycles. The molecule has 22 heavy (non-hydrogen) atoms. The molecule has 0 saturated carbocycles. The molecular formula is C12H11F7N2O. The van der Waals surface area contributed by atoms with Crippen LogP contribution in [0.5, 0.6) is 0 Å². The number of carbonyl (C=O) groups excluding carboxylic acids is 1. The van der Waals surface area contributed by atoms with E-state index < -0.39 is 29.7 Å². The largest absolute Gasteiger partial charge is 0.420 e. The summed E-state index contributed by atoms with van der Waals surface area (Å²) in [4.78, 5) is 11.3. The molecule has 10 heteroatoms. The minimum absolute atomic E-state index is 0.176. The molecule has 2 N–H and O–H groups in total. The Kier molecular flexibility index (Phi) is 4.93. The van der Waals surface area contributed by atoms with Crippen LogP contribution >= 0.6 is 0 Å². The number of halogens is 7. The van der Waals surface area contributed by atoms with Gasteiger partial charge in [0.15, 0.2) is 0 Å². The number of benzene rings is 1. The van der Waals surface area contributed by atoms with E-state index in [9.17, 15) is 35.5 Å². The second-order valence-corrected chi connectivity index (χ2v) is 4.55. The van der Waals surface area contributed by atoms with Gasteiger partial charge in [-0.15, -0.1) is 0 Å². The van der Waals surface area contributed by atoms with Gasteiger partial charge < -0.3 is 10.6 Å². The van der Waals surface area contributed by atoms with Gasteiger partial charge in [-0.25, -0.2) is 9.18 Å². The number of hydrogen-bond donors (Lipinski definition) is 2. The third-order valence-electron chi connectivity index (χ3n) is 2.86. The summed E-state index contributed by atoms with van der Waals surface area (Å²) >= 11 is 0. The topological polar surface area (TPSA) is 41.1 Å². The smallest absolute Gasteiger partial charge is 0.334 e. The number of nitrogens with one attached hydrogen (secondary N) is 2. The second-order valence-electron chi connectivity index (χ2n) is 4.55. The quantitative estimate of drug-likeness (QED) is 0.817. The van der Waals surface area contributed by atoms with Crippen molar-refractivity contribution in [1.82, 2.24) is 10.6 Å². The van der Waals surface area contributed by atoms with Crippen molar-refractivity contribution in [3.63, 3.8) is 0 Å². The van der Waals surface area contributed by atoms with Gasteiger partial charge in [0.25, 0.3) is 0 Å². The summed E-state index contributed by atoms with van der Waals surface area (Å²) in [6, 6.07) is 2.86. The fraction of sp³-hybridized carbons (Fsp3) is 0.417. The van der Waals surface area contributed by atoms with E-state index in [1.807, 2.05) is 5.32 Å². The minimum Gasteiger partial charge on any atom is -0.334 e. The van der Waals surface area contributed by atoms with Crippen LogP contribution in [0.25, 0.3) is 0 Å². The minimum atomic E-state index is -5.72. The lowest BCUT2D eigenvalue weighted by molar-refractivity contribution is -0.297. The molecule has 1 aromatic rings. The number of alkyl halides is 6. The lowest BCUT2D eigenvalue weighted by Gasteiger charge is -2.34. The van der Waals surface area contributed by atoms with Crippen LogP contribution in [0.4, 0.5) is 35.5 Å². The molecule has 0 spiro atoms. The van der Waals surface area contributed by atoms with Gasteiger partial charge in [0.1, 0.15) is 5.82 Å². The molecule has 1 aromatic carbocycles. The Hall–Kier alpha value is -2.00. The Balaban J connectivity index is 2.75. The Morgan fingerprint density at radius 1 is 1.00 bits per heavy atom. The van der Waals surface area contributed by atoms with E-state index in [1.54, 1.807) is 0 Å². The Morgan fingerprint density at radius 3 is 1.86 bits per heavy atom. The predicted octanol–water partition coefficient (Wildman–Crippen LogP) is 3.51. The van der Waals surface area contributed by atoms with Gasteiger partial charge in [-0.1, -0.05) is 12.1 Å². The van der Waals surface area contributed by atoms with Gasteiger partial charge in [0, 0.05) is 6.54 Å². The van der Waals surface area contributed by atoms with Crippen LogP contribution in [0.1, 0.15) is 12.5 Å². The first-order chi connectivity index (χ1) is 9.87. The first-order valence-corrected chi connectivity index (χ1v) is 5.81. The highest BCUT2D eigenvalue weighted by molar-refractivity contribution is 5.75. The molecule has 0 bridgehead atoms. The third kappa shape index (κ3) is 4.01. The van der Waals surface area contributed by atoms with E-state index in [0.717, 1.165) is 17.4 Å². The van der Waals surface area contributed by atoms with Crippen LogP contribution in [0.2, 0.25) is 0 Å². The van der Waals surface area contributed by atoms with E-state index in [2.05, 4.69) is 0 Å². The van der Waals surface area contributed by atoms with Crippen molar-refractivity contribution in [1.29, 1.82) is 0 Å². The summed E-state index contributed by atoms with van der Waals surface area (Å²) in [5.74, 6) is -0.574. The summed E-state index contributed by atoms with van der Waals surface area (Å²) in [5.41, 5.74) is -4.08. The van der Waals surface area contributed by atoms with Gasteiger partial charge in [-0.2, -0.15) is 26.3 Å². The maximum Gasteiger partial charge on any atom is 0.420 e. The van der Waals surface area contributed by atoms with Gasteiger partial charge in [0.05, 0.1) is 0 Å². The van der Waals surface area contributed by atoms with Crippen LogP contribution in [0.15, 0.2) is 24.3 Å². The van der Waals surface area contributed by atoms with Crippen LogP contribution in [0.3, 0.4) is 0 Å². The van der Waals surface area contributed by atoms with Crippen LogP contribution < -0.4 is 10.6 Å². The highest BCUT2D eigenvalue weighted by Crippen LogP contribution is 2.42. The molecule has 0 unspecified atom stereocenters. The molecule has 0 aliphatic carbocycles. The molecule has 0 heterocycles. The lowest BCUT2D eigenvalue weighted by Crippen LogP contribution is -2.66. The van der Waals surface area contributed by atoms with Crippen molar-refractivity contribution in [3.05, 3.63) is 35.6 Å². The zero-order valence-electron chi connectivity index (χ0n) is 11.1. The Bertz CT molecular complexity index is 508. The summed E-state index contributed by atoms with van der Waals surface area (Å²) in [5, 5.41) is 2.73. The van der Waals surface area contributed by atoms with Crippen molar-refractivity contribution in [3.8, 4) is 0 Å². The summed E-state index contributed by atoms with van der Waals surface area (Å²) in [6.07, 6.45) is -11.4. The van der Waals surface area contributed by atoms with Crippen molar-refractivity contribution in [2.75, 3.05) is 0 Å². The molecule has 0 aliphatic rings. The molecular weight excluding hydrogens is 321 g/mol. The van der Waals surface area contributed by atoms with E-state index in [-0.39, 0.29) is 13.5 Å². The monoisotopic (exact) mass is 332 g/mol. The van der Waals surface area contributed by atoms with E-state index in [1.165, 1.54) is 12.1 Å². The first kappa shape index (κ1) is 18.1. The molecule has 0 radical (unpaired) electrons. The number of urea groups is 1. The third-order valence-corrected chi connectivity index (χ3v) is 2.86. The molecule has 0 aromatic heterocycles. The fourth-order valence-corrected chi connectivity index (χ4v) is 1.36. The van der Waals surface area contributed by atoms with Crippen molar-refractivity contribution >= 4 is 6.03 Å². The average molecular weight is 332 g/mol. The molecule has 1 rings (SSSR count). The van der Waals surface area contributed by atoms with E-state index >= 15 is 0 Å². The van der Waals surface area contributed by atoms with Crippen LogP contribution in [0, 0.1) is 5.82 Å². The number of rotatable bonds is 3. The normalized spacial score (nSPS) is 12.9. The highest BCUT2D eigenvalue weighted by atomic mass is 19.4. The van der Waals surface area contributed by atoms with Crippen LogP contribution in [-0.4, -0.2) is 23.9 Å². The van der Waals surface area contributed by atoms with Crippen molar-refractivity contribution in [2.45, 2.75) is 31.4 Å². The zero-order valence-corrected chi connectivity index (χ0v) is 11.1. The number of amides is 2. The van der Waals surface area contributed by atoms with Crippen molar-refractivity contribution < 1.29 is 35.5 Å². The molecule has 0 atom stereocenters. The van der Waals surface area contributed by atoms with Gasteiger partial charge >= 0.3 is 18.4 Å². The second kappa shape index (κ2) is 6.01. The Labute approximate surface area is 120 Å². The SMILES string of the molecule is CC(NC(=O)NCc1ccc(F)cc1)(C(F)(F)F)C(F)(F)F. The zero-order chi connectivity index (χ0) is 17.2. The van der Waals surface area contributed by atoms with E-state index in [4.69, 9.17) is 0 Å². The summed E-state index contributed by atoms with van der Waals surface area (Å²) in [7, 11) is 0. The maximum absolute atomic E-state index is 12.6. The maximum atomic E-state index is 12.6. The summed E-state index contributed by atoms with van der Waals surface area (Å²) < 4.78 is 88.0. The average Bonchev–Trinajstić information content (AvgIpc) is 2.35. The van der Waals surface area contributed by atoms with E-state index in [0.29, 0.717) is 5.56 Å². The first-order valence-electron chi connectivity index (χ1n) is 5.81. The Morgan fingerprint density at radius 2 is 1.45 bits per heavy atom. The molecule has 3 nitrogen and oxygen atoms in total. The molecule has 124 valence electrons. The standard InChI is InChI=1S/C12H11F7N2O/c1-10(11(14,15)16,12(17,18)19)21-9(22)20-6-7-2-4-8(13)5-3-7/h2-5H,6H2,1H3,(H2,20,21,22). The highest BCUT2D eigenvalue weighted by Gasteiger charge is 2.68.